The zero-order valence-electron chi connectivity index (χ0n) is 9.87. The number of aromatic nitrogens is 2. The van der Waals surface area contributed by atoms with Crippen molar-refractivity contribution in [1.82, 2.24) is 13.9 Å². The molecule has 18 heavy (non-hydrogen) atoms. The van der Waals surface area contributed by atoms with Gasteiger partial charge in [-0.05, 0) is 22.0 Å². The lowest BCUT2D eigenvalue weighted by molar-refractivity contribution is 0.467. The average molecular weight is 350 g/mol. The summed E-state index contributed by atoms with van der Waals surface area (Å²) in [6, 6.07) is 1.91. The van der Waals surface area contributed by atoms with E-state index in [1.54, 1.807) is 18.7 Å². The Morgan fingerprint density at radius 1 is 1.56 bits per heavy atom. The highest BCUT2D eigenvalue weighted by Gasteiger charge is 2.23. The first-order valence-corrected chi connectivity index (χ1v) is 8.18. The molecule has 0 fully saturated rings. The van der Waals surface area contributed by atoms with Crippen molar-refractivity contribution < 1.29 is 8.42 Å². The molecule has 0 bridgehead atoms. The molecule has 0 atom stereocenters. The van der Waals surface area contributed by atoms with Gasteiger partial charge in [0.25, 0.3) is 10.0 Å². The molecule has 0 aromatic carbocycles. The Morgan fingerprint density at radius 3 is 2.78 bits per heavy atom. The molecule has 98 valence electrons. The van der Waals surface area contributed by atoms with Gasteiger partial charge >= 0.3 is 0 Å². The summed E-state index contributed by atoms with van der Waals surface area (Å²) in [4.78, 5) is 4.86. The predicted molar refractivity (Wildman–Crippen MR) is 73.9 cm³/mol. The lowest BCUT2D eigenvalue weighted by atomic mass is 10.5. The Bertz CT molecular complexity index is 648. The number of thiophene rings is 1. The second-order valence-electron chi connectivity index (χ2n) is 3.87. The molecule has 0 N–H and O–H groups in total. The van der Waals surface area contributed by atoms with E-state index < -0.39 is 10.0 Å². The molecule has 0 saturated heterocycles. The summed E-state index contributed by atoms with van der Waals surface area (Å²) in [6.07, 6.45) is 2.97. The predicted octanol–water partition coefficient (Wildman–Crippen LogP) is 2.06. The van der Waals surface area contributed by atoms with Gasteiger partial charge in [0, 0.05) is 41.6 Å². The molecule has 2 aromatic rings. The van der Waals surface area contributed by atoms with Crippen molar-refractivity contribution in [2.45, 2.75) is 11.6 Å². The number of hydrogen-bond acceptors (Lipinski definition) is 4. The normalized spacial score (nSPS) is 12.2. The highest BCUT2D eigenvalue weighted by molar-refractivity contribution is 9.10. The van der Waals surface area contributed by atoms with E-state index in [9.17, 15) is 8.42 Å². The third-order valence-electron chi connectivity index (χ3n) is 2.36. The fraction of sp³-hybridized carbons (Fsp3) is 0.300. The molecular formula is C10H12BrN3O2S2. The van der Waals surface area contributed by atoms with Crippen LogP contribution < -0.4 is 0 Å². The van der Waals surface area contributed by atoms with Crippen molar-refractivity contribution in [3.05, 3.63) is 33.3 Å². The minimum Gasteiger partial charge on any atom is -0.339 e. The van der Waals surface area contributed by atoms with Crippen LogP contribution in [0.25, 0.3) is 0 Å². The molecule has 0 unspecified atom stereocenters. The molecule has 0 aliphatic carbocycles. The van der Waals surface area contributed by atoms with E-state index in [-0.39, 0.29) is 5.03 Å². The first-order valence-electron chi connectivity index (χ1n) is 5.07. The Hall–Kier alpha value is -0.700. The molecule has 0 aliphatic heterocycles. The van der Waals surface area contributed by atoms with Crippen molar-refractivity contribution in [3.63, 3.8) is 0 Å². The van der Waals surface area contributed by atoms with Crippen LogP contribution >= 0.6 is 27.3 Å². The van der Waals surface area contributed by atoms with Gasteiger partial charge in [-0.3, -0.25) is 0 Å². The third-order valence-corrected chi connectivity index (χ3v) is 5.73. The Kier molecular flexibility index (Phi) is 3.90. The molecule has 0 saturated carbocycles. The Balaban J connectivity index is 2.20. The van der Waals surface area contributed by atoms with Crippen molar-refractivity contribution in [3.8, 4) is 0 Å². The summed E-state index contributed by atoms with van der Waals surface area (Å²) in [5.74, 6) is 0. The lowest BCUT2D eigenvalue weighted by Gasteiger charge is -2.14. The summed E-state index contributed by atoms with van der Waals surface area (Å²) < 4.78 is 28.3. The largest absolute Gasteiger partial charge is 0.339 e. The van der Waals surface area contributed by atoms with Gasteiger partial charge in [-0.1, -0.05) is 0 Å². The fourth-order valence-corrected chi connectivity index (χ4v) is 4.12. The number of hydrogen-bond donors (Lipinski definition) is 0. The van der Waals surface area contributed by atoms with Crippen LogP contribution in [0.3, 0.4) is 0 Å². The van der Waals surface area contributed by atoms with Crippen LogP contribution in [0, 0.1) is 0 Å². The summed E-state index contributed by atoms with van der Waals surface area (Å²) in [7, 11) is -0.223. The van der Waals surface area contributed by atoms with E-state index >= 15 is 0 Å². The van der Waals surface area contributed by atoms with Crippen LogP contribution in [0.2, 0.25) is 0 Å². The highest BCUT2D eigenvalue weighted by Crippen LogP contribution is 2.22. The Morgan fingerprint density at radius 2 is 2.28 bits per heavy atom. The molecule has 2 heterocycles. The van der Waals surface area contributed by atoms with Crippen LogP contribution in [0.1, 0.15) is 4.88 Å². The van der Waals surface area contributed by atoms with Gasteiger partial charge in [0.2, 0.25) is 0 Å². The van der Waals surface area contributed by atoms with E-state index in [2.05, 4.69) is 20.9 Å². The molecule has 0 spiro atoms. The molecular weight excluding hydrogens is 338 g/mol. The molecule has 0 amide bonds. The number of aryl methyl sites for hydroxylation is 1. The van der Waals surface area contributed by atoms with Crippen LogP contribution in [0.5, 0.6) is 0 Å². The van der Waals surface area contributed by atoms with Crippen LogP contribution in [0.4, 0.5) is 0 Å². The summed E-state index contributed by atoms with van der Waals surface area (Å²) in [5.41, 5.74) is 0. The molecule has 8 heteroatoms. The molecule has 0 aliphatic rings. The first-order chi connectivity index (χ1) is 8.39. The zero-order valence-corrected chi connectivity index (χ0v) is 13.1. The molecule has 0 radical (unpaired) electrons. The monoisotopic (exact) mass is 349 g/mol. The second kappa shape index (κ2) is 5.12. The van der Waals surface area contributed by atoms with Crippen LogP contribution in [-0.2, 0) is 23.6 Å². The van der Waals surface area contributed by atoms with Gasteiger partial charge in [-0.25, -0.2) is 13.4 Å². The Labute approximate surface area is 118 Å². The smallest absolute Gasteiger partial charge is 0.262 e. The minimum absolute atomic E-state index is 0.0723. The maximum atomic E-state index is 12.2. The minimum atomic E-state index is -3.51. The summed E-state index contributed by atoms with van der Waals surface area (Å²) in [6.45, 7) is 0.342. The lowest BCUT2D eigenvalue weighted by Crippen LogP contribution is -2.26. The van der Waals surface area contributed by atoms with E-state index in [4.69, 9.17) is 0 Å². The fourth-order valence-electron chi connectivity index (χ4n) is 1.42. The summed E-state index contributed by atoms with van der Waals surface area (Å²) in [5, 5.41) is 2.00. The SMILES string of the molecule is CN(Cc1cc(Br)cs1)S(=O)(=O)c1cn(C)cn1. The van der Waals surface area contributed by atoms with Crippen molar-refractivity contribution in [1.29, 1.82) is 0 Å². The van der Waals surface area contributed by atoms with Gasteiger partial charge in [-0.2, -0.15) is 4.31 Å². The maximum absolute atomic E-state index is 12.2. The van der Waals surface area contributed by atoms with Crippen molar-refractivity contribution in [2.24, 2.45) is 7.05 Å². The van der Waals surface area contributed by atoms with E-state index in [1.807, 2.05) is 11.4 Å². The molecule has 2 rings (SSSR count). The van der Waals surface area contributed by atoms with Gasteiger partial charge in [0.1, 0.15) is 0 Å². The van der Waals surface area contributed by atoms with Crippen molar-refractivity contribution in [2.75, 3.05) is 7.05 Å². The van der Waals surface area contributed by atoms with E-state index in [0.29, 0.717) is 6.54 Å². The van der Waals surface area contributed by atoms with Gasteiger partial charge in [0.15, 0.2) is 5.03 Å². The van der Waals surface area contributed by atoms with Gasteiger partial charge in [0.05, 0.1) is 6.33 Å². The summed E-state index contributed by atoms with van der Waals surface area (Å²) >= 11 is 4.86. The number of sulfonamides is 1. The number of nitrogens with zero attached hydrogens (tertiary/aromatic N) is 3. The molecule has 2 aromatic heterocycles. The zero-order chi connectivity index (χ0) is 13.3. The first kappa shape index (κ1) is 13.7. The van der Waals surface area contributed by atoms with E-state index in [0.717, 1.165) is 9.35 Å². The van der Waals surface area contributed by atoms with Crippen molar-refractivity contribution >= 4 is 37.3 Å². The van der Waals surface area contributed by atoms with Gasteiger partial charge < -0.3 is 4.57 Å². The van der Waals surface area contributed by atoms with Crippen LogP contribution in [0.15, 0.2) is 33.5 Å². The number of rotatable bonds is 4. The third kappa shape index (κ3) is 2.82. The molecule has 5 nitrogen and oxygen atoms in total. The van der Waals surface area contributed by atoms with Gasteiger partial charge in [-0.15, -0.1) is 11.3 Å². The number of imidazole rings is 1. The standard InChI is InChI=1S/C10H12BrN3O2S2/c1-13-5-10(12-7-13)18(15,16)14(2)4-9-3-8(11)6-17-9/h3,5-7H,4H2,1-2H3. The maximum Gasteiger partial charge on any atom is 0.262 e. The van der Waals surface area contributed by atoms with Crippen LogP contribution in [-0.4, -0.2) is 29.3 Å². The van der Waals surface area contributed by atoms with E-state index in [1.165, 1.54) is 28.2 Å². The topological polar surface area (TPSA) is 55.2 Å². The number of halogens is 1. The highest BCUT2D eigenvalue weighted by atomic mass is 79.9. The second-order valence-corrected chi connectivity index (χ2v) is 7.77. The quantitative estimate of drug-likeness (QED) is 0.848. The average Bonchev–Trinajstić information content (AvgIpc) is 2.88.